The first-order chi connectivity index (χ1) is 15.8. The smallest absolute Gasteiger partial charge is 0.237 e. The maximum atomic E-state index is 13.6. The predicted molar refractivity (Wildman–Crippen MR) is 141 cm³/mol. The van der Waals surface area contributed by atoms with Crippen LogP contribution in [0.4, 0.5) is 5.69 Å². The number of thioether (sulfide) groups is 1. The average Bonchev–Trinajstić information content (AvgIpc) is 3.20. The van der Waals surface area contributed by atoms with Crippen molar-refractivity contribution in [2.45, 2.75) is 49.4 Å². The quantitative estimate of drug-likeness (QED) is 0.294. The van der Waals surface area contributed by atoms with Crippen LogP contribution in [0.2, 0.25) is 0 Å². The number of aryl methyl sites for hydroxylation is 1. The van der Waals surface area contributed by atoms with Gasteiger partial charge in [-0.1, -0.05) is 78.8 Å². The fraction of sp³-hybridized carbons (Fsp3) is 0.286. The Morgan fingerprint density at radius 1 is 1.03 bits per heavy atom. The first-order valence-electron chi connectivity index (χ1n) is 11.3. The summed E-state index contributed by atoms with van der Waals surface area (Å²) in [6.45, 7) is 8.84. The standard InChI is InChI=1S/C28H28N2OS2/c1-19-10-9-11-20(16-19)28(4)18-27(2,3)30(23-14-7-5-12-21(23)28)25(31)17-32-26-29-22-13-6-8-15-24(22)33-26/h5-16H,17-18H2,1-4H3/t28-/m1/s1. The van der Waals surface area contributed by atoms with Gasteiger partial charge in [0.05, 0.1) is 16.0 Å². The molecule has 0 saturated heterocycles. The number of nitrogens with zero attached hydrogens (tertiary/aromatic N) is 2. The van der Waals surface area contributed by atoms with Gasteiger partial charge in [-0.2, -0.15) is 0 Å². The molecule has 5 rings (SSSR count). The molecule has 1 aromatic heterocycles. The van der Waals surface area contributed by atoms with Gasteiger partial charge in [0.1, 0.15) is 0 Å². The van der Waals surface area contributed by atoms with Gasteiger partial charge in [-0.05, 0) is 56.5 Å². The molecule has 0 fully saturated rings. The number of hydrogen-bond acceptors (Lipinski definition) is 4. The van der Waals surface area contributed by atoms with Crippen LogP contribution in [-0.2, 0) is 10.2 Å². The van der Waals surface area contributed by atoms with Gasteiger partial charge in [0.25, 0.3) is 0 Å². The molecular weight excluding hydrogens is 444 g/mol. The number of benzene rings is 3. The van der Waals surface area contributed by atoms with Crippen LogP contribution in [0.5, 0.6) is 0 Å². The van der Waals surface area contributed by atoms with Gasteiger partial charge in [-0.25, -0.2) is 4.98 Å². The van der Waals surface area contributed by atoms with Gasteiger partial charge in [0.15, 0.2) is 4.34 Å². The number of rotatable bonds is 4. The molecule has 3 aromatic carbocycles. The number of thiazole rings is 1. The number of para-hydroxylation sites is 2. The Morgan fingerprint density at radius 3 is 2.58 bits per heavy atom. The summed E-state index contributed by atoms with van der Waals surface area (Å²) in [4.78, 5) is 20.4. The van der Waals surface area contributed by atoms with Crippen LogP contribution in [0, 0.1) is 6.92 Å². The summed E-state index contributed by atoms with van der Waals surface area (Å²) in [6, 6.07) is 25.3. The third-order valence-corrected chi connectivity index (χ3v) is 8.79. The molecule has 0 N–H and O–H groups in total. The minimum Gasteiger partial charge on any atom is -0.306 e. The third kappa shape index (κ3) is 3.98. The molecule has 0 saturated carbocycles. The summed E-state index contributed by atoms with van der Waals surface area (Å²) in [6.07, 6.45) is 0.859. The van der Waals surface area contributed by atoms with Gasteiger partial charge in [0.2, 0.25) is 5.91 Å². The van der Waals surface area contributed by atoms with Crippen molar-refractivity contribution in [2.75, 3.05) is 10.7 Å². The van der Waals surface area contributed by atoms with Crippen molar-refractivity contribution in [1.29, 1.82) is 0 Å². The lowest BCUT2D eigenvalue weighted by atomic mass is 9.65. The van der Waals surface area contributed by atoms with Gasteiger partial charge >= 0.3 is 0 Å². The molecule has 1 amide bonds. The zero-order valence-corrected chi connectivity index (χ0v) is 21.1. The largest absolute Gasteiger partial charge is 0.306 e. The zero-order chi connectivity index (χ0) is 23.2. The van der Waals surface area contributed by atoms with Crippen LogP contribution in [0.25, 0.3) is 10.2 Å². The van der Waals surface area contributed by atoms with Crippen LogP contribution in [-0.4, -0.2) is 22.2 Å². The van der Waals surface area contributed by atoms with Crippen molar-refractivity contribution in [2.24, 2.45) is 0 Å². The summed E-state index contributed by atoms with van der Waals surface area (Å²) in [5.41, 5.74) is 5.31. The van der Waals surface area contributed by atoms with Crippen molar-refractivity contribution < 1.29 is 4.79 Å². The normalized spacial score (nSPS) is 19.5. The topological polar surface area (TPSA) is 33.2 Å². The lowest BCUT2D eigenvalue weighted by Crippen LogP contribution is -2.56. The number of carbonyl (C=O) groups excluding carboxylic acids is 1. The van der Waals surface area contributed by atoms with E-state index in [-0.39, 0.29) is 16.9 Å². The Morgan fingerprint density at radius 2 is 1.79 bits per heavy atom. The minimum absolute atomic E-state index is 0.128. The Kier molecular flexibility index (Phi) is 5.58. The molecule has 0 aliphatic carbocycles. The van der Waals surface area contributed by atoms with Gasteiger partial charge in [0, 0.05) is 16.6 Å². The summed E-state index contributed by atoms with van der Waals surface area (Å²) in [5.74, 6) is 0.502. The van der Waals surface area contributed by atoms with Crippen LogP contribution in [0.15, 0.2) is 77.1 Å². The first-order valence-corrected chi connectivity index (χ1v) is 13.1. The molecule has 0 radical (unpaired) electrons. The van der Waals surface area contributed by atoms with Crippen LogP contribution in [0.3, 0.4) is 0 Å². The SMILES string of the molecule is Cc1cccc([C@@]2(C)CC(C)(C)N(C(=O)CSc3nc4ccccc4s3)c3ccccc32)c1. The molecule has 1 atom stereocenters. The van der Waals surface area contributed by atoms with Crippen LogP contribution in [0.1, 0.15) is 43.9 Å². The molecule has 1 aliphatic rings. The molecule has 0 spiro atoms. The minimum atomic E-state index is -0.321. The van der Waals surface area contributed by atoms with E-state index in [0.717, 1.165) is 26.7 Å². The molecule has 2 heterocycles. The fourth-order valence-corrected chi connectivity index (χ4v) is 7.24. The van der Waals surface area contributed by atoms with E-state index in [4.69, 9.17) is 4.98 Å². The Labute approximate surface area is 203 Å². The Balaban J connectivity index is 1.48. The average molecular weight is 473 g/mol. The maximum Gasteiger partial charge on any atom is 0.237 e. The second-order valence-corrected chi connectivity index (χ2v) is 11.9. The summed E-state index contributed by atoms with van der Waals surface area (Å²) in [7, 11) is 0. The number of fused-ring (bicyclic) bond motifs is 2. The van der Waals surface area contributed by atoms with Crippen molar-refractivity contribution >= 4 is 44.9 Å². The van der Waals surface area contributed by atoms with Crippen LogP contribution < -0.4 is 4.90 Å². The molecular formula is C28H28N2OS2. The second kappa shape index (κ2) is 8.30. The third-order valence-electron chi connectivity index (χ3n) is 6.63. The Hall–Kier alpha value is -2.63. The van der Waals surface area contributed by atoms with Gasteiger partial charge in [-0.3, -0.25) is 4.79 Å². The van der Waals surface area contributed by atoms with E-state index in [9.17, 15) is 4.79 Å². The summed E-state index contributed by atoms with van der Waals surface area (Å²) >= 11 is 3.19. The molecule has 0 unspecified atom stereocenters. The lowest BCUT2D eigenvalue weighted by molar-refractivity contribution is -0.117. The highest BCUT2D eigenvalue weighted by atomic mass is 32.2. The van der Waals surface area contributed by atoms with E-state index >= 15 is 0 Å². The molecule has 33 heavy (non-hydrogen) atoms. The van der Waals surface area contributed by atoms with Crippen molar-refractivity contribution in [3.05, 3.63) is 89.5 Å². The van der Waals surface area contributed by atoms with Gasteiger partial charge in [-0.15, -0.1) is 11.3 Å². The van der Waals surface area contributed by atoms with E-state index in [2.05, 4.69) is 76.2 Å². The van der Waals surface area contributed by atoms with Gasteiger partial charge < -0.3 is 4.90 Å². The Bertz CT molecular complexity index is 1310. The van der Waals surface area contributed by atoms with E-state index in [0.29, 0.717) is 5.75 Å². The fourth-order valence-electron chi connectivity index (χ4n) is 5.32. The molecule has 168 valence electrons. The second-order valence-electron chi connectivity index (χ2n) is 9.67. The highest BCUT2D eigenvalue weighted by molar-refractivity contribution is 8.01. The van der Waals surface area contributed by atoms with Crippen molar-refractivity contribution in [3.63, 3.8) is 0 Å². The van der Waals surface area contributed by atoms with E-state index < -0.39 is 0 Å². The number of anilines is 1. The highest BCUT2D eigenvalue weighted by Crippen LogP contribution is 2.50. The first kappa shape index (κ1) is 22.2. The summed E-state index contributed by atoms with van der Waals surface area (Å²) in [5, 5.41) is 0. The van der Waals surface area contributed by atoms with Crippen molar-refractivity contribution in [1.82, 2.24) is 4.98 Å². The monoisotopic (exact) mass is 472 g/mol. The summed E-state index contributed by atoms with van der Waals surface area (Å²) < 4.78 is 2.10. The molecule has 3 nitrogen and oxygen atoms in total. The molecule has 0 bridgehead atoms. The maximum absolute atomic E-state index is 13.6. The molecule has 1 aliphatic heterocycles. The van der Waals surface area contributed by atoms with Crippen LogP contribution >= 0.6 is 23.1 Å². The van der Waals surface area contributed by atoms with Crippen molar-refractivity contribution in [3.8, 4) is 0 Å². The number of aromatic nitrogens is 1. The number of amides is 1. The molecule has 4 aromatic rings. The van der Waals surface area contributed by atoms with E-state index in [1.54, 1.807) is 11.3 Å². The number of hydrogen-bond donors (Lipinski definition) is 0. The zero-order valence-electron chi connectivity index (χ0n) is 19.5. The highest BCUT2D eigenvalue weighted by Gasteiger charge is 2.47. The van der Waals surface area contributed by atoms with E-state index in [1.807, 2.05) is 29.2 Å². The lowest BCUT2D eigenvalue weighted by Gasteiger charge is -2.51. The van der Waals surface area contributed by atoms with E-state index in [1.165, 1.54) is 28.5 Å². The predicted octanol–water partition coefficient (Wildman–Crippen LogP) is 7.22. The number of carbonyl (C=O) groups is 1. The molecule has 5 heteroatoms.